The van der Waals surface area contributed by atoms with Gasteiger partial charge >= 0.3 is 0 Å². The first kappa shape index (κ1) is 20.7. The third-order valence-electron chi connectivity index (χ3n) is 5.17. The summed E-state index contributed by atoms with van der Waals surface area (Å²) < 4.78 is 29.1. The van der Waals surface area contributed by atoms with Crippen LogP contribution in [0.5, 0.6) is 0 Å². The number of carbonyl (C=O) groups excluding carboxylic acids is 1. The van der Waals surface area contributed by atoms with Crippen molar-refractivity contribution in [2.75, 3.05) is 5.32 Å². The van der Waals surface area contributed by atoms with Gasteiger partial charge in [-0.15, -0.1) is 0 Å². The highest BCUT2D eigenvalue weighted by molar-refractivity contribution is 5.93. The van der Waals surface area contributed by atoms with Crippen LogP contribution >= 0.6 is 0 Å². The van der Waals surface area contributed by atoms with Gasteiger partial charge in [-0.25, -0.2) is 18.4 Å². The Bertz CT molecular complexity index is 1270. The van der Waals surface area contributed by atoms with Gasteiger partial charge in [-0.1, -0.05) is 42.5 Å². The molecule has 0 aliphatic heterocycles. The van der Waals surface area contributed by atoms with Gasteiger partial charge in [0.05, 0.1) is 16.8 Å². The number of aromatic nitrogens is 3. The molecule has 158 valence electrons. The lowest BCUT2D eigenvalue weighted by Crippen LogP contribution is -2.20. The monoisotopic (exact) mass is 420 g/mol. The second kappa shape index (κ2) is 8.26. The molecule has 0 radical (unpaired) electrons. The summed E-state index contributed by atoms with van der Waals surface area (Å²) in [7, 11) is 0. The van der Waals surface area contributed by atoms with E-state index in [9.17, 15) is 13.6 Å². The van der Waals surface area contributed by atoms with Gasteiger partial charge in [0.1, 0.15) is 6.54 Å². The number of nitrogens with zero attached hydrogens (tertiary/aromatic N) is 3. The van der Waals surface area contributed by atoms with Crippen LogP contribution in [0.1, 0.15) is 28.8 Å². The van der Waals surface area contributed by atoms with Crippen molar-refractivity contribution in [3.63, 3.8) is 0 Å². The molecule has 2 heterocycles. The Kier molecular flexibility index (Phi) is 5.50. The third-order valence-corrected chi connectivity index (χ3v) is 5.17. The standard InChI is InChI=1S/C24H22F2N4O/c1-14-9-10-15(2)19(11-14)27-21(31)13-30-24-22(16(3)29-30)18(23(25)26)12-20(28-24)17-7-5-4-6-8-17/h4-12,23H,13H2,1-3H3,(H,27,31). The molecule has 0 bridgehead atoms. The van der Waals surface area contributed by atoms with Gasteiger partial charge in [-0.05, 0) is 44.0 Å². The van der Waals surface area contributed by atoms with Crippen LogP contribution in [0.25, 0.3) is 22.3 Å². The molecular weight excluding hydrogens is 398 g/mol. The summed E-state index contributed by atoms with van der Waals surface area (Å²) >= 11 is 0. The molecule has 31 heavy (non-hydrogen) atoms. The summed E-state index contributed by atoms with van der Waals surface area (Å²) in [5, 5.41) is 7.52. The zero-order valence-corrected chi connectivity index (χ0v) is 17.5. The molecule has 0 saturated carbocycles. The Balaban J connectivity index is 1.75. The van der Waals surface area contributed by atoms with Crippen molar-refractivity contribution < 1.29 is 13.6 Å². The number of rotatable bonds is 5. The van der Waals surface area contributed by atoms with E-state index < -0.39 is 6.43 Å². The van der Waals surface area contributed by atoms with Crippen molar-refractivity contribution >= 4 is 22.6 Å². The summed E-state index contributed by atoms with van der Waals surface area (Å²) in [6.45, 7) is 5.37. The maximum atomic E-state index is 13.9. The predicted octanol–water partition coefficient (Wildman–Crippen LogP) is 5.60. The van der Waals surface area contributed by atoms with E-state index >= 15 is 0 Å². The minimum Gasteiger partial charge on any atom is -0.324 e. The van der Waals surface area contributed by atoms with Crippen LogP contribution in [0.3, 0.4) is 0 Å². The molecule has 1 amide bonds. The van der Waals surface area contributed by atoms with Crippen LogP contribution in [0.4, 0.5) is 14.5 Å². The lowest BCUT2D eigenvalue weighted by Gasteiger charge is -2.11. The number of aryl methyl sites for hydroxylation is 3. The first-order valence-electron chi connectivity index (χ1n) is 9.92. The fourth-order valence-corrected chi connectivity index (χ4v) is 3.62. The summed E-state index contributed by atoms with van der Waals surface area (Å²) in [6.07, 6.45) is -2.69. The maximum absolute atomic E-state index is 13.9. The molecule has 0 fully saturated rings. The molecule has 0 aliphatic carbocycles. The van der Waals surface area contributed by atoms with Crippen LogP contribution in [-0.2, 0) is 11.3 Å². The Morgan fingerprint density at radius 3 is 2.52 bits per heavy atom. The Morgan fingerprint density at radius 1 is 1.06 bits per heavy atom. The van der Waals surface area contributed by atoms with Gasteiger partial charge in [0.15, 0.2) is 5.65 Å². The molecule has 2 aromatic carbocycles. The van der Waals surface area contributed by atoms with E-state index in [-0.39, 0.29) is 29.0 Å². The highest BCUT2D eigenvalue weighted by Crippen LogP contribution is 2.33. The average molecular weight is 420 g/mol. The Labute approximate surface area is 178 Å². The number of carbonyl (C=O) groups is 1. The molecule has 0 atom stereocenters. The summed E-state index contributed by atoms with van der Waals surface area (Å²) in [4.78, 5) is 17.3. The number of alkyl halides is 2. The second-order valence-corrected chi connectivity index (χ2v) is 7.57. The van der Waals surface area contributed by atoms with Crippen molar-refractivity contribution in [1.29, 1.82) is 0 Å². The van der Waals surface area contributed by atoms with E-state index in [1.54, 1.807) is 6.92 Å². The van der Waals surface area contributed by atoms with E-state index in [1.165, 1.54) is 10.7 Å². The minimum atomic E-state index is -2.69. The van der Waals surface area contributed by atoms with Crippen molar-refractivity contribution in [2.45, 2.75) is 33.7 Å². The van der Waals surface area contributed by atoms with E-state index in [4.69, 9.17) is 0 Å². The van der Waals surface area contributed by atoms with E-state index in [0.717, 1.165) is 16.7 Å². The van der Waals surface area contributed by atoms with Crippen LogP contribution in [0, 0.1) is 20.8 Å². The predicted molar refractivity (Wildman–Crippen MR) is 117 cm³/mol. The highest BCUT2D eigenvalue weighted by Gasteiger charge is 2.22. The molecule has 0 saturated heterocycles. The first-order valence-corrected chi connectivity index (χ1v) is 9.92. The summed E-state index contributed by atoms with van der Waals surface area (Å²) in [5.41, 5.74) is 4.35. The molecule has 2 aromatic heterocycles. The normalized spacial score (nSPS) is 11.3. The van der Waals surface area contributed by atoms with E-state index in [1.807, 2.05) is 62.4 Å². The number of hydrogen-bond acceptors (Lipinski definition) is 3. The molecule has 0 unspecified atom stereocenters. The quantitative estimate of drug-likeness (QED) is 0.457. The van der Waals surface area contributed by atoms with Gasteiger partial charge in [0, 0.05) is 16.8 Å². The molecule has 5 nitrogen and oxygen atoms in total. The van der Waals surface area contributed by atoms with Gasteiger partial charge < -0.3 is 5.32 Å². The molecule has 7 heteroatoms. The van der Waals surface area contributed by atoms with Crippen LogP contribution in [0.2, 0.25) is 0 Å². The number of benzene rings is 2. The number of pyridine rings is 1. The van der Waals surface area contributed by atoms with Crippen LogP contribution in [-0.4, -0.2) is 20.7 Å². The second-order valence-electron chi connectivity index (χ2n) is 7.57. The van der Waals surface area contributed by atoms with Crippen molar-refractivity contribution in [3.8, 4) is 11.3 Å². The maximum Gasteiger partial charge on any atom is 0.264 e. The van der Waals surface area contributed by atoms with Crippen LogP contribution in [0.15, 0.2) is 54.6 Å². The van der Waals surface area contributed by atoms with Gasteiger partial charge in [0.25, 0.3) is 6.43 Å². The third kappa shape index (κ3) is 4.17. The first-order chi connectivity index (χ1) is 14.8. The van der Waals surface area contributed by atoms with E-state index in [0.29, 0.717) is 17.1 Å². The van der Waals surface area contributed by atoms with Crippen molar-refractivity contribution in [1.82, 2.24) is 14.8 Å². The fourth-order valence-electron chi connectivity index (χ4n) is 3.62. The molecular formula is C24H22F2N4O. The smallest absolute Gasteiger partial charge is 0.264 e. The zero-order valence-electron chi connectivity index (χ0n) is 17.5. The van der Waals surface area contributed by atoms with E-state index in [2.05, 4.69) is 15.4 Å². The van der Waals surface area contributed by atoms with Gasteiger partial charge in [-0.3, -0.25) is 4.79 Å². The fraction of sp³-hybridized carbons (Fsp3) is 0.208. The molecule has 1 N–H and O–H groups in total. The Morgan fingerprint density at radius 2 is 1.81 bits per heavy atom. The Hall–Kier alpha value is -3.61. The number of amides is 1. The number of nitrogens with one attached hydrogen (secondary N) is 1. The highest BCUT2D eigenvalue weighted by atomic mass is 19.3. The zero-order chi connectivity index (χ0) is 22.1. The summed E-state index contributed by atoms with van der Waals surface area (Å²) in [5.74, 6) is -0.302. The molecule has 0 spiro atoms. The van der Waals surface area contributed by atoms with Crippen molar-refractivity contribution in [3.05, 3.63) is 77.0 Å². The topological polar surface area (TPSA) is 59.8 Å². The minimum absolute atomic E-state index is 0.133. The molecule has 4 aromatic rings. The lowest BCUT2D eigenvalue weighted by atomic mass is 10.1. The number of anilines is 1. The van der Waals surface area contributed by atoms with Crippen LogP contribution < -0.4 is 5.32 Å². The van der Waals surface area contributed by atoms with Crippen molar-refractivity contribution in [2.24, 2.45) is 0 Å². The lowest BCUT2D eigenvalue weighted by molar-refractivity contribution is -0.116. The van der Waals surface area contributed by atoms with Gasteiger partial charge in [0.2, 0.25) is 5.91 Å². The number of hydrogen-bond donors (Lipinski definition) is 1. The molecule has 4 rings (SSSR count). The SMILES string of the molecule is Cc1ccc(C)c(NC(=O)Cn2nc(C)c3c(C(F)F)cc(-c4ccccc4)nc32)c1. The van der Waals surface area contributed by atoms with Gasteiger partial charge in [-0.2, -0.15) is 5.10 Å². The number of fused-ring (bicyclic) bond motifs is 1. The number of halogens is 2. The average Bonchev–Trinajstić information content (AvgIpc) is 3.05. The largest absolute Gasteiger partial charge is 0.324 e. The summed E-state index contributed by atoms with van der Waals surface area (Å²) in [6, 6.07) is 16.3. The molecule has 0 aliphatic rings.